The summed E-state index contributed by atoms with van der Waals surface area (Å²) in [6.45, 7) is 2.67. The van der Waals surface area contributed by atoms with Crippen LogP contribution in [0.2, 0.25) is 0 Å². The van der Waals surface area contributed by atoms with E-state index in [1.54, 1.807) is 12.4 Å². The second-order valence-electron chi connectivity index (χ2n) is 5.17. The molecule has 3 rings (SSSR count). The van der Waals surface area contributed by atoms with Gasteiger partial charge in [-0.3, -0.25) is 14.9 Å². The van der Waals surface area contributed by atoms with Gasteiger partial charge in [-0.25, -0.2) is 0 Å². The Balaban J connectivity index is 1.57. The van der Waals surface area contributed by atoms with Gasteiger partial charge in [0.1, 0.15) is 0 Å². The van der Waals surface area contributed by atoms with Gasteiger partial charge < -0.3 is 4.74 Å². The molecular formula is C15H19N3OS. The van der Waals surface area contributed by atoms with Crippen molar-refractivity contribution in [2.75, 3.05) is 13.7 Å². The smallest absolute Gasteiger partial charge is 0.0917 e. The number of hydrogen-bond donors (Lipinski definition) is 0. The highest BCUT2D eigenvalue weighted by Crippen LogP contribution is 2.33. The lowest BCUT2D eigenvalue weighted by atomic mass is 10.2. The number of nitrogens with zero attached hydrogens (tertiary/aromatic N) is 3. The number of rotatable bonds is 5. The minimum absolute atomic E-state index is 0.332. The molecule has 0 amide bonds. The Morgan fingerprint density at radius 2 is 2.30 bits per heavy atom. The summed E-state index contributed by atoms with van der Waals surface area (Å²) in [7, 11) is 2.11. The maximum atomic E-state index is 5.73. The van der Waals surface area contributed by atoms with E-state index in [0.29, 0.717) is 6.10 Å². The predicted octanol–water partition coefficient (Wildman–Crippen LogP) is 3.02. The van der Waals surface area contributed by atoms with E-state index < -0.39 is 0 Å². The predicted molar refractivity (Wildman–Crippen MR) is 79.4 cm³/mol. The van der Waals surface area contributed by atoms with E-state index in [2.05, 4.69) is 34.0 Å². The molecule has 1 aliphatic heterocycles. The van der Waals surface area contributed by atoms with Gasteiger partial charge in [-0.1, -0.05) is 0 Å². The van der Waals surface area contributed by atoms with Crippen LogP contribution in [0.25, 0.3) is 0 Å². The fourth-order valence-corrected chi connectivity index (χ4v) is 3.64. The number of aromatic nitrogens is 2. The van der Waals surface area contributed by atoms with Crippen molar-refractivity contribution in [2.45, 2.75) is 32.0 Å². The van der Waals surface area contributed by atoms with Crippen LogP contribution in [0.15, 0.2) is 30.7 Å². The van der Waals surface area contributed by atoms with Gasteiger partial charge in [0.15, 0.2) is 0 Å². The van der Waals surface area contributed by atoms with Crippen LogP contribution in [0.5, 0.6) is 0 Å². The lowest BCUT2D eigenvalue weighted by Crippen LogP contribution is -2.17. The standard InChI is InChI=1S/C15H19N3OS/c1-18(10-12-9-16-6-7-17-12)11-13-4-5-15(20-13)14-3-2-8-19-14/h4-7,9,14H,2-3,8,10-11H2,1H3. The maximum Gasteiger partial charge on any atom is 0.0917 e. The third kappa shape index (κ3) is 3.42. The molecule has 2 aromatic heterocycles. The number of hydrogen-bond acceptors (Lipinski definition) is 5. The fourth-order valence-electron chi connectivity index (χ4n) is 2.46. The van der Waals surface area contributed by atoms with Gasteiger partial charge in [0, 0.05) is 48.0 Å². The van der Waals surface area contributed by atoms with Gasteiger partial charge in [0.05, 0.1) is 11.8 Å². The van der Waals surface area contributed by atoms with Crippen molar-refractivity contribution in [3.8, 4) is 0 Å². The summed E-state index contributed by atoms with van der Waals surface area (Å²) in [5.41, 5.74) is 1.01. The van der Waals surface area contributed by atoms with Crippen molar-refractivity contribution in [1.82, 2.24) is 14.9 Å². The van der Waals surface area contributed by atoms with E-state index in [9.17, 15) is 0 Å². The van der Waals surface area contributed by atoms with Crippen molar-refractivity contribution < 1.29 is 4.74 Å². The average Bonchev–Trinajstić information content (AvgIpc) is 3.10. The Labute approximate surface area is 123 Å². The van der Waals surface area contributed by atoms with Crippen molar-refractivity contribution in [3.63, 3.8) is 0 Å². The Morgan fingerprint density at radius 1 is 1.35 bits per heavy atom. The van der Waals surface area contributed by atoms with Crippen LogP contribution in [0.3, 0.4) is 0 Å². The molecular weight excluding hydrogens is 270 g/mol. The highest BCUT2D eigenvalue weighted by Gasteiger charge is 2.19. The molecule has 0 spiro atoms. The second-order valence-corrected chi connectivity index (χ2v) is 6.37. The molecule has 1 atom stereocenters. The Morgan fingerprint density at radius 3 is 3.05 bits per heavy atom. The van der Waals surface area contributed by atoms with Crippen LogP contribution >= 0.6 is 11.3 Å². The summed E-state index contributed by atoms with van der Waals surface area (Å²) in [6.07, 6.45) is 7.95. The van der Waals surface area contributed by atoms with E-state index in [1.165, 1.54) is 16.2 Å². The molecule has 0 N–H and O–H groups in total. The van der Waals surface area contributed by atoms with Crippen molar-refractivity contribution in [2.24, 2.45) is 0 Å². The largest absolute Gasteiger partial charge is 0.373 e. The Kier molecular flexibility index (Phi) is 4.40. The minimum atomic E-state index is 0.332. The van der Waals surface area contributed by atoms with Crippen molar-refractivity contribution in [3.05, 3.63) is 46.2 Å². The molecule has 1 fully saturated rings. The van der Waals surface area contributed by atoms with Gasteiger partial charge >= 0.3 is 0 Å². The van der Waals surface area contributed by atoms with Crippen LogP contribution in [0.1, 0.15) is 34.4 Å². The van der Waals surface area contributed by atoms with Crippen molar-refractivity contribution in [1.29, 1.82) is 0 Å². The molecule has 3 heterocycles. The van der Waals surface area contributed by atoms with Crippen LogP contribution in [-0.4, -0.2) is 28.5 Å². The third-order valence-corrected chi connectivity index (χ3v) is 4.57. The maximum absolute atomic E-state index is 5.73. The third-order valence-electron chi connectivity index (χ3n) is 3.40. The lowest BCUT2D eigenvalue weighted by molar-refractivity contribution is 0.114. The topological polar surface area (TPSA) is 38.2 Å². The molecule has 1 unspecified atom stereocenters. The highest BCUT2D eigenvalue weighted by molar-refractivity contribution is 7.12. The van der Waals surface area contributed by atoms with Crippen LogP contribution in [0, 0.1) is 0 Å². The second kappa shape index (κ2) is 6.43. The molecule has 2 aromatic rings. The van der Waals surface area contributed by atoms with Gasteiger partial charge in [-0.2, -0.15) is 0 Å². The lowest BCUT2D eigenvalue weighted by Gasteiger charge is -2.14. The summed E-state index contributed by atoms with van der Waals surface area (Å²) in [5, 5.41) is 0. The Bertz CT molecular complexity index is 537. The first-order valence-electron chi connectivity index (χ1n) is 6.95. The van der Waals surface area contributed by atoms with Gasteiger partial charge in [-0.15, -0.1) is 11.3 Å². The van der Waals surface area contributed by atoms with Gasteiger partial charge in [0.2, 0.25) is 0 Å². The first-order chi connectivity index (χ1) is 9.81. The number of thiophene rings is 1. The normalized spacial score (nSPS) is 18.8. The molecule has 1 saturated heterocycles. The molecule has 0 saturated carbocycles. The molecule has 5 heteroatoms. The van der Waals surface area contributed by atoms with Crippen LogP contribution < -0.4 is 0 Å². The van der Waals surface area contributed by atoms with Crippen LogP contribution in [0.4, 0.5) is 0 Å². The Hall–Kier alpha value is -1.30. The average molecular weight is 289 g/mol. The minimum Gasteiger partial charge on any atom is -0.373 e. The monoisotopic (exact) mass is 289 g/mol. The summed E-state index contributed by atoms with van der Waals surface area (Å²) in [5.74, 6) is 0. The van der Waals surface area contributed by atoms with Crippen LogP contribution in [-0.2, 0) is 17.8 Å². The van der Waals surface area contributed by atoms with E-state index in [1.807, 2.05) is 17.5 Å². The quantitative estimate of drug-likeness (QED) is 0.848. The molecule has 4 nitrogen and oxygen atoms in total. The SMILES string of the molecule is CN(Cc1cnccn1)Cc1ccc(C2CCCO2)s1. The van der Waals surface area contributed by atoms with Crippen molar-refractivity contribution >= 4 is 11.3 Å². The zero-order valence-electron chi connectivity index (χ0n) is 11.7. The molecule has 0 bridgehead atoms. The molecule has 106 valence electrons. The molecule has 20 heavy (non-hydrogen) atoms. The number of ether oxygens (including phenoxy) is 1. The van der Waals surface area contributed by atoms with E-state index in [4.69, 9.17) is 4.74 Å². The summed E-state index contributed by atoms with van der Waals surface area (Å²) >= 11 is 1.87. The fraction of sp³-hybridized carbons (Fsp3) is 0.467. The van der Waals surface area contributed by atoms with E-state index in [-0.39, 0.29) is 0 Å². The summed E-state index contributed by atoms with van der Waals surface area (Å²) < 4.78 is 5.73. The first kappa shape index (κ1) is 13.7. The highest BCUT2D eigenvalue weighted by atomic mass is 32.1. The van der Waals surface area contributed by atoms with Gasteiger partial charge in [0.25, 0.3) is 0 Å². The zero-order valence-corrected chi connectivity index (χ0v) is 12.5. The molecule has 1 aliphatic rings. The zero-order chi connectivity index (χ0) is 13.8. The van der Waals surface area contributed by atoms with E-state index >= 15 is 0 Å². The summed E-state index contributed by atoms with van der Waals surface area (Å²) in [4.78, 5) is 13.4. The molecule has 0 aliphatic carbocycles. The van der Waals surface area contributed by atoms with Gasteiger partial charge in [-0.05, 0) is 32.0 Å². The van der Waals surface area contributed by atoms with E-state index in [0.717, 1.165) is 31.8 Å². The molecule has 0 radical (unpaired) electrons. The summed E-state index contributed by atoms with van der Waals surface area (Å²) in [6, 6.07) is 4.43. The molecule has 0 aromatic carbocycles. The first-order valence-corrected chi connectivity index (χ1v) is 7.76.